The molecular formula is C40H64N2O2. The largest absolute Gasteiger partial charge is 0.371 e. The molecule has 1 saturated heterocycles. The number of ether oxygens (including phenoxy) is 1. The number of nitrogens with one attached hydrogen (secondary N) is 1. The Morgan fingerprint density at radius 1 is 0.773 bits per heavy atom. The van der Waals surface area contributed by atoms with Crippen molar-refractivity contribution in [1.29, 1.82) is 0 Å². The van der Waals surface area contributed by atoms with Gasteiger partial charge >= 0.3 is 0 Å². The highest BCUT2D eigenvalue weighted by atomic mass is 16.5. The summed E-state index contributed by atoms with van der Waals surface area (Å²) in [7, 11) is 0. The van der Waals surface area contributed by atoms with E-state index in [-0.39, 0.29) is 6.10 Å². The molecule has 1 N–H and O–H groups in total. The average molecular weight is 605 g/mol. The van der Waals surface area contributed by atoms with Gasteiger partial charge in [0, 0.05) is 18.7 Å². The van der Waals surface area contributed by atoms with Gasteiger partial charge in [-0.2, -0.15) is 0 Å². The molecular weight excluding hydrogens is 540 g/mol. The predicted molar refractivity (Wildman–Crippen MR) is 188 cm³/mol. The van der Waals surface area contributed by atoms with Crippen molar-refractivity contribution >= 4 is 5.78 Å². The van der Waals surface area contributed by atoms with Crippen LogP contribution in [0.4, 0.5) is 0 Å². The SMILES string of the molecule is CCCCCCCCN(CCCCCCCC)C(CCCC)(Cc1ccc(C)cc1)C(=O)c1ccc(C2CNCCO2)cc1. The van der Waals surface area contributed by atoms with Crippen molar-refractivity contribution in [1.82, 2.24) is 10.2 Å². The molecule has 2 aromatic rings. The van der Waals surface area contributed by atoms with Gasteiger partial charge in [-0.1, -0.05) is 152 Å². The molecule has 1 aliphatic heterocycles. The number of morpholine rings is 1. The molecule has 1 heterocycles. The van der Waals surface area contributed by atoms with Crippen molar-refractivity contribution in [2.24, 2.45) is 0 Å². The lowest BCUT2D eigenvalue weighted by atomic mass is 9.77. The van der Waals surface area contributed by atoms with Crippen molar-refractivity contribution in [3.8, 4) is 0 Å². The van der Waals surface area contributed by atoms with Crippen LogP contribution in [0.5, 0.6) is 0 Å². The maximum atomic E-state index is 15.0. The van der Waals surface area contributed by atoms with Crippen molar-refractivity contribution in [2.45, 2.75) is 142 Å². The molecule has 2 aromatic carbocycles. The first-order chi connectivity index (χ1) is 21.5. The number of benzene rings is 2. The van der Waals surface area contributed by atoms with Crippen molar-refractivity contribution in [3.05, 3.63) is 70.8 Å². The third kappa shape index (κ3) is 11.7. The fraction of sp³-hybridized carbons (Fsp3) is 0.675. The van der Waals surface area contributed by atoms with E-state index in [1.54, 1.807) is 0 Å². The Morgan fingerprint density at radius 2 is 1.34 bits per heavy atom. The number of Topliss-reactive ketones (excluding diaryl/α,β-unsaturated/α-hetero) is 1. The first-order valence-electron chi connectivity index (χ1n) is 18.3. The van der Waals surface area contributed by atoms with Crippen LogP contribution < -0.4 is 5.32 Å². The van der Waals surface area contributed by atoms with Gasteiger partial charge in [0.25, 0.3) is 0 Å². The van der Waals surface area contributed by atoms with Crippen LogP contribution in [-0.4, -0.2) is 49.0 Å². The van der Waals surface area contributed by atoms with Crippen LogP contribution in [0.1, 0.15) is 150 Å². The van der Waals surface area contributed by atoms with Crippen molar-refractivity contribution in [2.75, 3.05) is 32.8 Å². The molecule has 3 rings (SSSR count). The van der Waals surface area contributed by atoms with Gasteiger partial charge in [0.05, 0.1) is 18.2 Å². The molecule has 0 aliphatic carbocycles. The summed E-state index contributed by atoms with van der Waals surface area (Å²) < 4.78 is 6.01. The van der Waals surface area contributed by atoms with Crippen LogP contribution in [0.2, 0.25) is 0 Å². The lowest BCUT2D eigenvalue weighted by molar-refractivity contribution is 0.0276. The van der Waals surface area contributed by atoms with Gasteiger partial charge in [-0.3, -0.25) is 9.69 Å². The molecule has 0 saturated carbocycles. The number of rotatable bonds is 23. The Labute approximate surface area is 270 Å². The molecule has 4 heteroatoms. The number of hydrogen-bond donors (Lipinski definition) is 1. The van der Waals surface area contributed by atoms with Gasteiger partial charge in [0.15, 0.2) is 5.78 Å². The summed E-state index contributed by atoms with van der Waals surface area (Å²) in [5.41, 5.74) is 4.00. The van der Waals surface area contributed by atoms with E-state index < -0.39 is 5.54 Å². The molecule has 0 aromatic heterocycles. The molecule has 2 unspecified atom stereocenters. The van der Waals surface area contributed by atoms with E-state index >= 15 is 4.79 Å². The van der Waals surface area contributed by atoms with E-state index in [0.717, 1.165) is 69.6 Å². The summed E-state index contributed by atoms with van der Waals surface area (Å²) >= 11 is 0. The molecule has 0 radical (unpaired) electrons. The zero-order valence-electron chi connectivity index (χ0n) is 28.8. The maximum absolute atomic E-state index is 15.0. The van der Waals surface area contributed by atoms with E-state index in [1.807, 2.05) is 0 Å². The van der Waals surface area contributed by atoms with Crippen LogP contribution in [0, 0.1) is 6.92 Å². The van der Waals surface area contributed by atoms with E-state index in [1.165, 1.54) is 88.2 Å². The molecule has 44 heavy (non-hydrogen) atoms. The number of carbonyl (C=O) groups is 1. The van der Waals surface area contributed by atoms with Crippen LogP contribution in [0.15, 0.2) is 48.5 Å². The zero-order valence-corrected chi connectivity index (χ0v) is 28.8. The number of aryl methyl sites for hydroxylation is 1. The molecule has 0 amide bonds. The Kier molecular flexibility index (Phi) is 17.3. The summed E-state index contributed by atoms with van der Waals surface area (Å²) in [5, 5.41) is 3.44. The van der Waals surface area contributed by atoms with Crippen LogP contribution >= 0.6 is 0 Å². The highest BCUT2D eigenvalue weighted by Crippen LogP contribution is 2.34. The van der Waals surface area contributed by atoms with Crippen molar-refractivity contribution < 1.29 is 9.53 Å². The number of nitrogens with zero attached hydrogens (tertiary/aromatic N) is 1. The fourth-order valence-electron chi connectivity index (χ4n) is 6.81. The monoisotopic (exact) mass is 604 g/mol. The standard InChI is InChI=1S/C40H64N2O2/c1-5-8-11-13-15-17-29-42(30-18-16-14-12-9-6-2)40(27-10-7-3,32-35-21-19-34(4)20-22-35)39(43)37-25-23-36(24-26-37)38-33-41-28-31-44-38/h19-26,38,41H,5-18,27-33H2,1-4H3. The highest BCUT2D eigenvalue weighted by Gasteiger charge is 2.43. The van der Waals surface area contributed by atoms with Gasteiger partial charge in [-0.05, 0) is 56.8 Å². The van der Waals surface area contributed by atoms with Gasteiger partial charge in [-0.15, -0.1) is 0 Å². The second kappa shape index (κ2) is 20.9. The van der Waals surface area contributed by atoms with Gasteiger partial charge in [0.1, 0.15) is 0 Å². The topological polar surface area (TPSA) is 41.6 Å². The van der Waals surface area contributed by atoms with Crippen LogP contribution in [-0.2, 0) is 11.2 Å². The summed E-state index contributed by atoms with van der Waals surface area (Å²) in [6.07, 6.45) is 19.2. The third-order valence-electron chi connectivity index (χ3n) is 9.62. The maximum Gasteiger partial charge on any atom is 0.183 e. The van der Waals surface area contributed by atoms with E-state index in [4.69, 9.17) is 4.74 Å². The molecule has 1 fully saturated rings. The minimum atomic E-state index is -0.539. The third-order valence-corrected chi connectivity index (χ3v) is 9.62. The summed E-state index contributed by atoms with van der Waals surface area (Å²) in [4.78, 5) is 17.7. The number of ketones is 1. The van der Waals surface area contributed by atoms with Gasteiger partial charge in [0.2, 0.25) is 0 Å². The lowest BCUT2D eigenvalue weighted by Crippen LogP contribution is -2.57. The highest BCUT2D eigenvalue weighted by molar-refractivity contribution is 6.03. The Balaban J connectivity index is 1.94. The number of unbranched alkanes of at least 4 members (excludes halogenated alkanes) is 11. The molecule has 2 atom stereocenters. The summed E-state index contributed by atoms with van der Waals surface area (Å²) in [6.45, 7) is 13.4. The Morgan fingerprint density at radius 3 is 1.89 bits per heavy atom. The van der Waals surface area contributed by atoms with Crippen LogP contribution in [0.25, 0.3) is 0 Å². The van der Waals surface area contributed by atoms with Crippen molar-refractivity contribution in [3.63, 3.8) is 0 Å². The van der Waals surface area contributed by atoms with E-state index in [0.29, 0.717) is 5.78 Å². The quantitative estimate of drug-likeness (QED) is 0.101. The summed E-state index contributed by atoms with van der Waals surface area (Å²) in [5.74, 6) is 0.303. The number of carbonyl (C=O) groups excluding carboxylic acids is 1. The molecule has 246 valence electrons. The Hall–Kier alpha value is -2.01. The second-order valence-corrected chi connectivity index (χ2v) is 13.3. The minimum Gasteiger partial charge on any atom is -0.371 e. The molecule has 0 spiro atoms. The molecule has 4 nitrogen and oxygen atoms in total. The normalized spacial score (nSPS) is 16.7. The van der Waals surface area contributed by atoms with Gasteiger partial charge < -0.3 is 10.1 Å². The predicted octanol–water partition coefficient (Wildman–Crippen LogP) is 10.0. The first kappa shape index (κ1) is 36.5. The van der Waals surface area contributed by atoms with E-state index in [9.17, 15) is 0 Å². The average Bonchev–Trinajstić information content (AvgIpc) is 3.06. The van der Waals surface area contributed by atoms with Gasteiger partial charge in [-0.25, -0.2) is 0 Å². The minimum absolute atomic E-state index is 0.0576. The summed E-state index contributed by atoms with van der Waals surface area (Å²) in [6, 6.07) is 17.4. The zero-order chi connectivity index (χ0) is 31.5. The fourth-order valence-corrected chi connectivity index (χ4v) is 6.81. The Bertz CT molecular complexity index is 1010. The van der Waals surface area contributed by atoms with Crippen LogP contribution in [0.3, 0.4) is 0 Å². The first-order valence-corrected chi connectivity index (χ1v) is 18.3. The second-order valence-electron chi connectivity index (χ2n) is 13.3. The van der Waals surface area contributed by atoms with E-state index in [2.05, 4.69) is 86.4 Å². The number of hydrogen-bond acceptors (Lipinski definition) is 4. The molecule has 1 aliphatic rings. The smallest absolute Gasteiger partial charge is 0.183 e. The lowest BCUT2D eigenvalue weighted by Gasteiger charge is -2.44. The molecule has 0 bridgehead atoms.